The fourth-order valence-electron chi connectivity index (χ4n) is 4.30. The number of hydrogen-bond acceptors (Lipinski definition) is 6. The summed E-state index contributed by atoms with van der Waals surface area (Å²) in [6.45, 7) is 4.53. The summed E-state index contributed by atoms with van der Waals surface area (Å²) in [4.78, 5) is 16.8. The van der Waals surface area contributed by atoms with Crippen molar-refractivity contribution in [2.24, 2.45) is 0 Å². The minimum Gasteiger partial charge on any atom is -0.497 e. The molecule has 1 saturated heterocycles. The Morgan fingerprint density at radius 1 is 0.919 bits per heavy atom. The van der Waals surface area contributed by atoms with Gasteiger partial charge >= 0.3 is 0 Å². The van der Waals surface area contributed by atoms with Gasteiger partial charge in [-0.2, -0.15) is 5.26 Å². The van der Waals surface area contributed by atoms with E-state index in [2.05, 4.69) is 17.0 Å². The zero-order valence-electron chi connectivity index (χ0n) is 21.2. The third kappa shape index (κ3) is 7.89. The molecular weight excluding hydrogens is 466 g/mol. The van der Waals surface area contributed by atoms with Crippen molar-refractivity contribution in [3.05, 3.63) is 101 Å². The van der Waals surface area contributed by atoms with Gasteiger partial charge in [0.25, 0.3) is 0 Å². The lowest BCUT2D eigenvalue weighted by Crippen LogP contribution is -2.50. The number of piperazine rings is 1. The number of nitriles is 1. The lowest BCUT2D eigenvalue weighted by atomic mass is 10.1. The van der Waals surface area contributed by atoms with Crippen molar-refractivity contribution in [2.75, 3.05) is 46.4 Å². The van der Waals surface area contributed by atoms with Crippen LogP contribution in [-0.4, -0.2) is 62.1 Å². The van der Waals surface area contributed by atoms with E-state index in [1.165, 1.54) is 0 Å². The van der Waals surface area contributed by atoms with E-state index in [9.17, 15) is 4.79 Å². The lowest BCUT2D eigenvalue weighted by molar-refractivity contribution is -0.138. The molecule has 1 fully saturated rings. The van der Waals surface area contributed by atoms with Crippen LogP contribution in [-0.2, 0) is 27.5 Å². The molecule has 192 valence electrons. The van der Waals surface area contributed by atoms with E-state index in [0.717, 1.165) is 35.5 Å². The molecule has 1 amide bonds. The van der Waals surface area contributed by atoms with E-state index in [-0.39, 0.29) is 18.6 Å². The number of rotatable bonds is 11. The largest absolute Gasteiger partial charge is 0.497 e. The molecule has 0 saturated carbocycles. The predicted molar refractivity (Wildman–Crippen MR) is 141 cm³/mol. The summed E-state index contributed by atoms with van der Waals surface area (Å²) in [5.74, 6) is 0.812. The molecule has 0 aliphatic carbocycles. The van der Waals surface area contributed by atoms with Gasteiger partial charge < -0.3 is 19.1 Å². The van der Waals surface area contributed by atoms with Crippen molar-refractivity contribution in [2.45, 2.75) is 19.3 Å². The standard InChI is InChI=1S/C30H33N3O4/c1-35-28-9-5-8-27(18-28)29(37-22-26-12-10-24(19-31)11-13-26)20-32-14-16-33(17-15-32)30(34)23-36-21-25-6-3-2-4-7-25/h2-13,18,29H,14-17,20-23H2,1H3. The van der Waals surface area contributed by atoms with Gasteiger partial charge in [0, 0.05) is 32.7 Å². The van der Waals surface area contributed by atoms with E-state index in [1.807, 2.05) is 65.6 Å². The second-order valence-corrected chi connectivity index (χ2v) is 9.04. The third-order valence-corrected chi connectivity index (χ3v) is 6.49. The van der Waals surface area contributed by atoms with Crippen molar-refractivity contribution < 1.29 is 19.0 Å². The number of methoxy groups -OCH3 is 1. The van der Waals surface area contributed by atoms with Gasteiger partial charge in [0.1, 0.15) is 12.4 Å². The lowest BCUT2D eigenvalue weighted by Gasteiger charge is -2.36. The summed E-state index contributed by atoms with van der Waals surface area (Å²) < 4.78 is 17.4. The van der Waals surface area contributed by atoms with E-state index in [4.69, 9.17) is 19.5 Å². The Bertz CT molecular complexity index is 1170. The molecule has 1 aliphatic heterocycles. The summed E-state index contributed by atoms with van der Waals surface area (Å²) in [6, 6.07) is 27.4. The summed E-state index contributed by atoms with van der Waals surface area (Å²) >= 11 is 0. The van der Waals surface area contributed by atoms with Crippen LogP contribution in [0.1, 0.15) is 28.4 Å². The van der Waals surface area contributed by atoms with Crippen molar-refractivity contribution in [3.63, 3.8) is 0 Å². The molecular formula is C30H33N3O4. The Morgan fingerprint density at radius 2 is 1.65 bits per heavy atom. The highest BCUT2D eigenvalue weighted by Crippen LogP contribution is 2.25. The molecule has 1 heterocycles. The molecule has 37 heavy (non-hydrogen) atoms. The third-order valence-electron chi connectivity index (χ3n) is 6.49. The Balaban J connectivity index is 1.30. The minimum absolute atomic E-state index is 0.0250. The van der Waals surface area contributed by atoms with Gasteiger partial charge in [-0.05, 0) is 41.0 Å². The maximum absolute atomic E-state index is 12.6. The average molecular weight is 500 g/mol. The summed E-state index contributed by atoms with van der Waals surface area (Å²) in [6.07, 6.45) is -0.165. The Kier molecular flexibility index (Phi) is 9.67. The van der Waals surface area contributed by atoms with Crippen molar-refractivity contribution >= 4 is 5.91 Å². The van der Waals surface area contributed by atoms with Crippen LogP contribution in [0.3, 0.4) is 0 Å². The van der Waals surface area contributed by atoms with Crippen molar-refractivity contribution in [3.8, 4) is 11.8 Å². The molecule has 3 aromatic carbocycles. The number of carbonyl (C=O) groups is 1. The van der Waals surface area contributed by atoms with E-state index in [0.29, 0.717) is 38.4 Å². The van der Waals surface area contributed by atoms with Crippen LogP contribution in [0.2, 0.25) is 0 Å². The molecule has 7 nitrogen and oxygen atoms in total. The highest BCUT2D eigenvalue weighted by atomic mass is 16.5. The summed E-state index contributed by atoms with van der Waals surface area (Å²) in [7, 11) is 1.66. The number of hydrogen-bond donors (Lipinski definition) is 0. The predicted octanol–water partition coefficient (Wildman–Crippen LogP) is 4.19. The summed E-state index contributed by atoms with van der Waals surface area (Å²) in [5.41, 5.74) is 3.74. The van der Waals surface area contributed by atoms with Gasteiger partial charge in [0.15, 0.2) is 0 Å². The van der Waals surface area contributed by atoms with Gasteiger partial charge in [-0.15, -0.1) is 0 Å². The van der Waals surface area contributed by atoms with Gasteiger partial charge in [-0.1, -0.05) is 54.6 Å². The normalized spacial score (nSPS) is 14.6. The van der Waals surface area contributed by atoms with Gasteiger partial charge in [0.05, 0.1) is 38.1 Å². The first kappa shape index (κ1) is 26.4. The first-order valence-electron chi connectivity index (χ1n) is 12.5. The van der Waals surface area contributed by atoms with Crippen molar-refractivity contribution in [1.82, 2.24) is 9.80 Å². The fourth-order valence-corrected chi connectivity index (χ4v) is 4.30. The molecule has 0 radical (unpaired) electrons. The number of ether oxygens (including phenoxy) is 3. The molecule has 0 aromatic heterocycles. The molecule has 3 aromatic rings. The maximum Gasteiger partial charge on any atom is 0.248 e. The zero-order valence-corrected chi connectivity index (χ0v) is 21.2. The van der Waals surface area contributed by atoms with Gasteiger partial charge in [-0.3, -0.25) is 9.69 Å². The minimum atomic E-state index is -0.165. The van der Waals surface area contributed by atoms with Crippen LogP contribution >= 0.6 is 0 Å². The van der Waals surface area contributed by atoms with Crippen LogP contribution < -0.4 is 4.74 Å². The molecule has 4 rings (SSSR count). The number of nitrogens with zero attached hydrogens (tertiary/aromatic N) is 3. The summed E-state index contributed by atoms with van der Waals surface area (Å²) in [5, 5.41) is 9.04. The molecule has 0 spiro atoms. The molecule has 7 heteroatoms. The first-order valence-corrected chi connectivity index (χ1v) is 12.5. The molecule has 1 atom stereocenters. The van der Waals surface area contributed by atoms with Gasteiger partial charge in [-0.25, -0.2) is 0 Å². The quantitative estimate of drug-likeness (QED) is 0.394. The highest BCUT2D eigenvalue weighted by molar-refractivity contribution is 5.77. The number of amides is 1. The van der Waals surface area contributed by atoms with E-state index in [1.54, 1.807) is 19.2 Å². The van der Waals surface area contributed by atoms with Crippen LogP contribution in [0.15, 0.2) is 78.9 Å². The Hall–Kier alpha value is -3.70. The van der Waals surface area contributed by atoms with E-state index < -0.39 is 0 Å². The van der Waals surface area contributed by atoms with Crippen LogP contribution in [0.25, 0.3) is 0 Å². The fraction of sp³-hybridized carbons (Fsp3) is 0.333. The monoisotopic (exact) mass is 499 g/mol. The average Bonchev–Trinajstić information content (AvgIpc) is 2.96. The van der Waals surface area contributed by atoms with Crippen LogP contribution in [0.5, 0.6) is 5.75 Å². The topological polar surface area (TPSA) is 75.0 Å². The SMILES string of the molecule is COc1cccc(C(CN2CCN(C(=O)COCc3ccccc3)CC2)OCc2ccc(C#N)cc2)c1. The highest BCUT2D eigenvalue weighted by Gasteiger charge is 2.24. The molecule has 0 N–H and O–H groups in total. The number of benzene rings is 3. The first-order chi connectivity index (χ1) is 18.1. The van der Waals surface area contributed by atoms with Crippen LogP contribution in [0.4, 0.5) is 0 Å². The molecule has 0 bridgehead atoms. The maximum atomic E-state index is 12.6. The smallest absolute Gasteiger partial charge is 0.248 e. The van der Waals surface area contributed by atoms with Crippen LogP contribution in [0, 0.1) is 11.3 Å². The van der Waals surface area contributed by atoms with E-state index >= 15 is 0 Å². The molecule has 1 aliphatic rings. The number of carbonyl (C=O) groups excluding carboxylic acids is 1. The van der Waals surface area contributed by atoms with Crippen molar-refractivity contribution in [1.29, 1.82) is 5.26 Å². The molecule has 1 unspecified atom stereocenters. The Morgan fingerprint density at radius 3 is 2.35 bits per heavy atom. The zero-order chi connectivity index (χ0) is 25.9. The Labute approximate surface area is 218 Å². The van der Waals surface area contributed by atoms with Gasteiger partial charge in [0.2, 0.25) is 5.91 Å². The second kappa shape index (κ2) is 13.6. The second-order valence-electron chi connectivity index (χ2n) is 9.04.